The highest BCUT2D eigenvalue weighted by Gasteiger charge is 2.37. The van der Waals surface area contributed by atoms with E-state index >= 15 is 0 Å². The van der Waals surface area contributed by atoms with Gasteiger partial charge in [-0.3, -0.25) is 24.1 Å². The summed E-state index contributed by atoms with van der Waals surface area (Å²) >= 11 is 5.43. The average Bonchev–Trinajstić information content (AvgIpc) is 2.94. The van der Waals surface area contributed by atoms with Gasteiger partial charge in [0.25, 0.3) is 11.8 Å². The van der Waals surface area contributed by atoms with Gasteiger partial charge < -0.3 is 4.90 Å². The predicted molar refractivity (Wildman–Crippen MR) is 74.2 cm³/mol. The van der Waals surface area contributed by atoms with E-state index in [4.69, 9.17) is 11.6 Å². The maximum absolute atomic E-state index is 12.0. The maximum Gasteiger partial charge on any atom is 0.261 e. The highest BCUT2D eigenvalue weighted by atomic mass is 35.5. The van der Waals surface area contributed by atoms with Crippen molar-refractivity contribution in [3.8, 4) is 0 Å². The van der Waals surface area contributed by atoms with Crippen LogP contribution in [0.4, 0.5) is 5.69 Å². The Morgan fingerprint density at radius 2 is 1.86 bits per heavy atom. The lowest BCUT2D eigenvalue weighted by molar-refractivity contribution is -0.120. The Labute approximate surface area is 125 Å². The monoisotopic (exact) mass is 306 g/mol. The SMILES string of the molecule is CN1C(=O)c2ccc(N3C[C@H](C(=O)Cl)CC3=O)cc2C1=O. The molecule has 1 aromatic rings. The van der Waals surface area contributed by atoms with Gasteiger partial charge in [-0.05, 0) is 29.8 Å². The number of carbonyl (C=O) groups is 4. The molecule has 0 radical (unpaired) electrons. The van der Waals surface area contributed by atoms with E-state index < -0.39 is 17.1 Å². The molecular formula is C14H11ClN2O4. The molecule has 2 aliphatic rings. The quantitative estimate of drug-likeness (QED) is 0.604. The van der Waals surface area contributed by atoms with Crippen LogP contribution in [-0.4, -0.2) is 41.5 Å². The van der Waals surface area contributed by atoms with Crippen molar-refractivity contribution in [3.05, 3.63) is 29.3 Å². The lowest BCUT2D eigenvalue weighted by atomic mass is 10.1. The summed E-state index contributed by atoms with van der Waals surface area (Å²) in [5.74, 6) is -1.51. The van der Waals surface area contributed by atoms with Crippen molar-refractivity contribution in [2.24, 2.45) is 5.92 Å². The Hall–Kier alpha value is -2.21. The number of hydrogen-bond donors (Lipinski definition) is 0. The fourth-order valence-electron chi connectivity index (χ4n) is 2.63. The van der Waals surface area contributed by atoms with E-state index in [9.17, 15) is 19.2 Å². The van der Waals surface area contributed by atoms with Crippen molar-refractivity contribution in [2.75, 3.05) is 18.5 Å². The first-order valence-electron chi connectivity index (χ1n) is 6.36. The largest absolute Gasteiger partial charge is 0.312 e. The number of hydrogen-bond acceptors (Lipinski definition) is 4. The third-order valence-corrected chi connectivity index (χ3v) is 4.14. The zero-order valence-corrected chi connectivity index (χ0v) is 11.9. The Kier molecular flexibility index (Phi) is 3.06. The molecule has 21 heavy (non-hydrogen) atoms. The number of halogens is 1. The first-order valence-corrected chi connectivity index (χ1v) is 6.74. The van der Waals surface area contributed by atoms with Crippen LogP contribution in [-0.2, 0) is 9.59 Å². The molecule has 1 fully saturated rings. The second-order valence-electron chi connectivity index (χ2n) is 5.11. The molecule has 7 heteroatoms. The molecule has 1 saturated heterocycles. The van der Waals surface area contributed by atoms with Gasteiger partial charge in [-0.15, -0.1) is 0 Å². The molecule has 1 atom stereocenters. The van der Waals surface area contributed by atoms with Crippen LogP contribution in [0.25, 0.3) is 0 Å². The normalized spacial score (nSPS) is 21.2. The Bertz CT molecular complexity index is 700. The fourth-order valence-corrected chi connectivity index (χ4v) is 2.77. The first kappa shape index (κ1) is 13.8. The molecule has 108 valence electrons. The van der Waals surface area contributed by atoms with Crippen LogP contribution in [0.5, 0.6) is 0 Å². The molecule has 0 N–H and O–H groups in total. The molecule has 0 saturated carbocycles. The van der Waals surface area contributed by atoms with Gasteiger partial charge in [-0.2, -0.15) is 0 Å². The van der Waals surface area contributed by atoms with Crippen molar-refractivity contribution < 1.29 is 19.2 Å². The number of rotatable bonds is 2. The van der Waals surface area contributed by atoms with Crippen LogP contribution in [0.3, 0.4) is 0 Å². The molecule has 0 aliphatic carbocycles. The van der Waals surface area contributed by atoms with Crippen molar-refractivity contribution in [1.82, 2.24) is 4.90 Å². The van der Waals surface area contributed by atoms with Crippen LogP contribution >= 0.6 is 11.6 Å². The third-order valence-electron chi connectivity index (χ3n) is 3.83. The molecule has 3 rings (SSSR count). The molecule has 1 aromatic carbocycles. The van der Waals surface area contributed by atoms with Gasteiger partial charge in [-0.1, -0.05) is 0 Å². The van der Waals surface area contributed by atoms with Crippen LogP contribution in [0.15, 0.2) is 18.2 Å². The summed E-state index contributed by atoms with van der Waals surface area (Å²) in [6, 6.07) is 4.64. The highest BCUT2D eigenvalue weighted by Crippen LogP contribution is 2.30. The Balaban J connectivity index is 1.96. The molecule has 0 spiro atoms. The van der Waals surface area contributed by atoms with Gasteiger partial charge >= 0.3 is 0 Å². The van der Waals surface area contributed by atoms with Gasteiger partial charge in [0, 0.05) is 25.7 Å². The van der Waals surface area contributed by atoms with Crippen LogP contribution in [0, 0.1) is 5.92 Å². The van der Waals surface area contributed by atoms with E-state index in [-0.39, 0.29) is 30.3 Å². The van der Waals surface area contributed by atoms with Gasteiger partial charge in [-0.25, -0.2) is 0 Å². The minimum absolute atomic E-state index is 0.0617. The number of nitrogens with zero attached hydrogens (tertiary/aromatic N) is 2. The zero-order chi connectivity index (χ0) is 15.3. The molecule has 6 nitrogen and oxygen atoms in total. The number of fused-ring (bicyclic) bond motifs is 1. The summed E-state index contributed by atoms with van der Waals surface area (Å²) in [6.07, 6.45) is 0.0617. The van der Waals surface area contributed by atoms with E-state index in [1.165, 1.54) is 24.1 Å². The molecule has 3 amide bonds. The number of carbonyl (C=O) groups excluding carboxylic acids is 4. The smallest absolute Gasteiger partial charge is 0.261 e. The minimum atomic E-state index is -0.544. The van der Waals surface area contributed by atoms with Crippen molar-refractivity contribution in [1.29, 1.82) is 0 Å². The van der Waals surface area contributed by atoms with E-state index in [0.29, 0.717) is 11.3 Å². The average molecular weight is 307 g/mol. The number of imide groups is 1. The first-order chi connectivity index (χ1) is 9.90. The lowest BCUT2D eigenvalue weighted by Crippen LogP contribution is -2.25. The molecule has 0 bridgehead atoms. The minimum Gasteiger partial charge on any atom is -0.312 e. The highest BCUT2D eigenvalue weighted by molar-refractivity contribution is 6.64. The molecule has 2 heterocycles. The van der Waals surface area contributed by atoms with Gasteiger partial charge in [0.2, 0.25) is 11.1 Å². The van der Waals surface area contributed by atoms with E-state index in [0.717, 1.165) is 4.90 Å². The van der Waals surface area contributed by atoms with E-state index in [1.807, 2.05) is 0 Å². The van der Waals surface area contributed by atoms with Crippen LogP contribution < -0.4 is 4.90 Å². The van der Waals surface area contributed by atoms with Gasteiger partial charge in [0.1, 0.15) is 0 Å². The predicted octanol–water partition coefficient (Wildman–Crippen LogP) is 1.03. The van der Waals surface area contributed by atoms with Crippen molar-refractivity contribution in [2.45, 2.75) is 6.42 Å². The number of benzene rings is 1. The van der Waals surface area contributed by atoms with Gasteiger partial charge in [0.05, 0.1) is 17.0 Å². The molecular weight excluding hydrogens is 296 g/mol. The van der Waals surface area contributed by atoms with E-state index in [1.54, 1.807) is 6.07 Å². The Morgan fingerprint density at radius 1 is 1.19 bits per heavy atom. The number of anilines is 1. The van der Waals surface area contributed by atoms with Crippen LogP contribution in [0.2, 0.25) is 0 Å². The summed E-state index contributed by atoms with van der Waals surface area (Å²) in [7, 11) is 1.41. The summed E-state index contributed by atoms with van der Waals surface area (Å²) < 4.78 is 0. The third kappa shape index (κ3) is 2.03. The second-order valence-corrected chi connectivity index (χ2v) is 5.48. The van der Waals surface area contributed by atoms with E-state index in [2.05, 4.69) is 0 Å². The summed E-state index contributed by atoms with van der Waals surface area (Å²) in [6.45, 7) is 0.192. The molecule has 0 unspecified atom stereocenters. The summed E-state index contributed by atoms with van der Waals surface area (Å²) in [5.41, 5.74) is 1.09. The summed E-state index contributed by atoms with van der Waals surface area (Å²) in [4.78, 5) is 49.3. The Morgan fingerprint density at radius 3 is 2.48 bits per heavy atom. The lowest BCUT2D eigenvalue weighted by Gasteiger charge is -2.16. The van der Waals surface area contributed by atoms with Crippen molar-refractivity contribution in [3.63, 3.8) is 0 Å². The standard InChI is InChI=1S/C14H11ClN2O4/c1-16-13(20)9-3-2-8(5-10(9)14(16)21)17-6-7(12(15)19)4-11(17)18/h2-3,5,7H,4,6H2,1H3/t7-/m1/s1. The van der Waals surface area contributed by atoms with Crippen LogP contribution in [0.1, 0.15) is 27.1 Å². The summed E-state index contributed by atoms with van der Waals surface area (Å²) in [5, 5.41) is -0.544. The second kappa shape index (κ2) is 4.66. The van der Waals surface area contributed by atoms with Crippen molar-refractivity contribution >= 4 is 40.3 Å². The maximum atomic E-state index is 12.0. The molecule has 0 aromatic heterocycles. The zero-order valence-electron chi connectivity index (χ0n) is 11.1. The fraction of sp³-hybridized carbons (Fsp3) is 0.286. The number of amides is 3. The topological polar surface area (TPSA) is 74.8 Å². The van der Waals surface area contributed by atoms with Gasteiger partial charge in [0.15, 0.2) is 0 Å². The molecule has 2 aliphatic heterocycles.